The van der Waals surface area contributed by atoms with E-state index < -0.39 is 23.7 Å². The highest BCUT2D eigenvalue weighted by atomic mass is 35.5. The topological polar surface area (TPSA) is 109 Å². The molecule has 0 radical (unpaired) electrons. The van der Waals surface area contributed by atoms with Crippen LogP contribution in [0.25, 0.3) is 0 Å². The molecule has 0 bridgehead atoms. The summed E-state index contributed by atoms with van der Waals surface area (Å²) in [7, 11) is 0. The van der Waals surface area contributed by atoms with Crippen LogP contribution in [-0.2, 0) is 9.59 Å². The first-order valence-corrected chi connectivity index (χ1v) is 5.64. The molecule has 19 heavy (non-hydrogen) atoms. The van der Waals surface area contributed by atoms with Crippen LogP contribution in [0, 0.1) is 0 Å². The number of para-hydroxylation sites is 1. The Morgan fingerprint density at radius 3 is 2.37 bits per heavy atom. The molecule has 0 saturated carbocycles. The van der Waals surface area contributed by atoms with Crippen molar-refractivity contribution in [1.29, 1.82) is 0 Å². The molecule has 0 unspecified atom stereocenters. The van der Waals surface area contributed by atoms with Crippen molar-refractivity contribution < 1.29 is 19.5 Å². The Kier molecular flexibility index (Phi) is 7.13. The number of carboxylic acid groups (broad SMARTS) is 1. The molecule has 8 heteroatoms. The predicted molar refractivity (Wildman–Crippen MR) is 76.1 cm³/mol. The number of carbonyl (C=O) groups excluding carboxylic acids is 2. The van der Waals surface area contributed by atoms with Gasteiger partial charge in [0.1, 0.15) is 6.04 Å². The SMILES string of the molecule is Cl.N[C@@H](CS)C(=O)O.O=C1Nc2ccccc2C1=O. The number of hydrogen-bond donors (Lipinski definition) is 4. The number of carboxylic acids is 1. The Morgan fingerprint density at radius 1 is 1.37 bits per heavy atom. The maximum atomic E-state index is 11.0. The Morgan fingerprint density at radius 2 is 1.95 bits per heavy atom. The number of rotatable bonds is 2. The second-order valence-corrected chi connectivity index (χ2v) is 3.82. The zero-order valence-electron chi connectivity index (χ0n) is 9.70. The lowest BCUT2D eigenvalue weighted by atomic mass is 10.1. The predicted octanol–water partition coefficient (Wildman–Crippen LogP) is 0.571. The highest BCUT2D eigenvalue weighted by Gasteiger charge is 2.26. The van der Waals surface area contributed by atoms with Crippen LogP contribution < -0.4 is 11.1 Å². The molecule has 1 atom stereocenters. The Hall–Kier alpha value is -1.57. The van der Waals surface area contributed by atoms with Crippen molar-refractivity contribution in [2.75, 3.05) is 11.1 Å². The second kappa shape index (κ2) is 7.78. The van der Waals surface area contributed by atoms with Crippen molar-refractivity contribution in [3.05, 3.63) is 29.8 Å². The monoisotopic (exact) mass is 304 g/mol. The lowest BCUT2D eigenvalue weighted by Crippen LogP contribution is -2.31. The van der Waals surface area contributed by atoms with Crippen LogP contribution in [0.15, 0.2) is 24.3 Å². The summed E-state index contributed by atoms with van der Waals surface area (Å²) in [6.07, 6.45) is 0. The van der Waals surface area contributed by atoms with Crippen LogP contribution in [0.5, 0.6) is 0 Å². The van der Waals surface area contributed by atoms with E-state index in [0.717, 1.165) is 0 Å². The van der Waals surface area contributed by atoms with E-state index in [1.165, 1.54) is 0 Å². The van der Waals surface area contributed by atoms with Gasteiger partial charge in [0.25, 0.3) is 11.7 Å². The van der Waals surface area contributed by atoms with E-state index in [9.17, 15) is 14.4 Å². The van der Waals surface area contributed by atoms with Gasteiger partial charge in [-0.2, -0.15) is 12.6 Å². The number of halogens is 1. The van der Waals surface area contributed by atoms with Gasteiger partial charge in [0.05, 0.1) is 11.3 Å². The van der Waals surface area contributed by atoms with E-state index in [1.807, 2.05) is 0 Å². The normalized spacial score (nSPS) is 13.4. The first-order chi connectivity index (χ1) is 8.47. The number of carbonyl (C=O) groups is 3. The molecule has 2 rings (SSSR count). The van der Waals surface area contributed by atoms with E-state index in [0.29, 0.717) is 11.3 Å². The third-order valence-corrected chi connectivity index (χ3v) is 2.53. The summed E-state index contributed by atoms with van der Waals surface area (Å²) >= 11 is 3.65. The van der Waals surface area contributed by atoms with Gasteiger partial charge in [0.2, 0.25) is 0 Å². The van der Waals surface area contributed by atoms with Crippen molar-refractivity contribution in [2.45, 2.75) is 6.04 Å². The number of fused-ring (bicyclic) bond motifs is 1. The smallest absolute Gasteiger partial charge is 0.321 e. The number of benzene rings is 1. The van der Waals surface area contributed by atoms with Gasteiger partial charge in [-0.05, 0) is 12.1 Å². The molecule has 6 nitrogen and oxygen atoms in total. The fraction of sp³-hybridized carbons (Fsp3) is 0.182. The van der Waals surface area contributed by atoms with Gasteiger partial charge >= 0.3 is 5.97 Å². The van der Waals surface area contributed by atoms with Crippen molar-refractivity contribution in [2.24, 2.45) is 5.73 Å². The Balaban J connectivity index is 0.000000360. The summed E-state index contributed by atoms with van der Waals surface area (Å²) in [6, 6.07) is 6.03. The Bertz CT molecular complexity index is 495. The van der Waals surface area contributed by atoms with Gasteiger partial charge in [-0.25, -0.2) is 0 Å². The zero-order chi connectivity index (χ0) is 13.7. The molecular weight excluding hydrogens is 292 g/mol. The number of Topliss-reactive ketones (excluding diaryl/α,β-unsaturated/α-hetero) is 1. The molecule has 0 saturated heterocycles. The summed E-state index contributed by atoms with van der Waals surface area (Å²) in [5.41, 5.74) is 6.02. The minimum Gasteiger partial charge on any atom is -0.480 e. The number of amides is 1. The molecule has 1 aromatic carbocycles. The number of anilines is 1. The van der Waals surface area contributed by atoms with Crippen molar-refractivity contribution >= 4 is 48.4 Å². The number of thiol groups is 1. The summed E-state index contributed by atoms with van der Waals surface area (Å²) in [5, 5.41) is 10.5. The number of hydrogen-bond acceptors (Lipinski definition) is 5. The minimum absolute atomic E-state index is 0. The maximum absolute atomic E-state index is 11.0. The molecule has 1 aliphatic rings. The first-order valence-electron chi connectivity index (χ1n) is 5.01. The van der Waals surface area contributed by atoms with Crippen LogP contribution in [-0.4, -0.2) is 34.6 Å². The molecule has 1 amide bonds. The van der Waals surface area contributed by atoms with Gasteiger partial charge in [0, 0.05) is 5.75 Å². The lowest BCUT2D eigenvalue weighted by Gasteiger charge is -1.96. The average molecular weight is 305 g/mol. The molecule has 0 aliphatic carbocycles. The van der Waals surface area contributed by atoms with Crippen molar-refractivity contribution in [3.63, 3.8) is 0 Å². The highest BCUT2D eigenvalue weighted by molar-refractivity contribution is 7.80. The van der Waals surface area contributed by atoms with Crippen LogP contribution in [0.4, 0.5) is 5.69 Å². The van der Waals surface area contributed by atoms with Crippen molar-refractivity contribution in [3.8, 4) is 0 Å². The third kappa shape index (κ3) is 4.55. The molecule has 104 valence electrons. The molecule has 0 fully saturated rings. The van der Waals surface area contributed by atoms with E-state index in [2.05, 4.69) is 17.9 Å². The van der Waals surface area contributed by atoms with Crippen LogP contribution in [0.1, 0.15) is 10.4 Å². The van der Waals surface area contributed by atoms with Gasteiger partial charge in [-0.15, -0.1) is 12.4 Å². The molecule has 1 aromatic rings. The van der Waals surface area contributed by atoms with Gasteiger partial charge in [-0.1, -0.05) is 12.1 Å². The average Bonchev–Trinajstić information content (AvgIpc) is 2.65. The van der Waals surface area contributed by atoms with Gasteiger partial charge in [0.15, 0.2) is 0 Å². The zero-order valence-corrected chi connectivity index (χ0v) is 11.4. The number of nitrogens with two attached hydrogens (primary N) is 1. The minimum atomic E-state index is -1.00. The van der Waals surface area contributed by atoms with E-state index in [4.69, 9.17) is 10.8 Å². The summed E-state index contributed by atoms with van der Waals surface area (Å²) in [6.45, 7) is 0. The molecule has 0 aromatic heterocycles. The fourth-order valence-electron chi connectivity index (χ4n) is 1.17. The van der Waals surface area contributed by atoms with E-state index in [1.54, 1.807) is 24.3 Å². The largest absolute Gasteiger partial charge is 0.480 e. The van der Waals surface area contributed by atoms with E-state index in [-0.39, 0.29) is 18.2 Å². The van der Waals surface area contributed by atoms with Crippen LogP contribution >= 0.6 is 25.0 Å². The third-order valence-electron chi connectivity index (χ3n) is 2.14. The standard InChI is InChI=1S/C8H5NO2.C3H7NO2S.ClH/c10-7-5-3-1-2-4-6(5)9-8(7)11;4-2(1-7)3(5)6;/h1-4H,(H,9,10,11);2,7H,1,4H2,(H,5,6);1H/t;2-;/m.0./s1. The van der Waals surface area contributed by atoms with Gasteiger partial charge in [-0.3, -0.25) is 14.4 Å². The maximum Gasteiger partial charge on any atom is 0.321 e. The summed E-state index contributed by atoms with van der Waals surface area (Å²) < 4.78 is 0. The van der Waals surface area contributed by atoms with Gasteiger partial charge < -0.3 is 16.2 Å². The summed E-state index contributed by atoms with van der Waals surface area (Å²) in [5.74, 6) is -1.79. The quantitative estimate of drug-likeness (QED) is 0.472. The Labute approximate surface area is 121 Å². The summed E-state index contributed by atoms with van der Waals surface area (Å²) in [4.78, 5) is 31.5. The van der Waals surface area contributed by atoms with Crippen molar-refractivity contribution in [1.82, 2.24) is 0 Å². The first kappa shape index (κ1) is 17.4. The van der Waals surface area contributed by atoms with Crippen LogP contribution in [0.3, 0.4) is 0 Å². The molecular formula is C11H13ClN2O4S. The second-order valence-electron chi connectivity index (χ2n) is 3.46. The number of aliphatic carboxylic acids is 1. The fourth-order valence-corrected chi connectivity index (χ4v) is 1.33. The molecule has 4 N–H and O–H groups in total. The number of nitrogens with one attached hydrogen (secondary N) is 1. The van der Waals surface area contributed by atoms with E-state index >= 15 is 0 Å². The molecule has 0 spiro atoms. The number of ketones is 1. The highest BCUT2D eigenvalue weighted by Crippen LogP contribution is 2.21. The lowest BCUT2D eigenvalue weighted by molar-refractivity contribution is -0.137. The van der Waals surface area contributed by atoms with Crippen LogP contribution in [0.2, 0.25) is 0 Å². The molecule has 1 aliphatic heterocycles. The molecule has 1 heterocycles.